The highest BCUT2D eigenvalue weighted by atomic mass is 32.1. The summed E-state index contributed by atoms with van der Waals surface area (Å²) in [5.74, 6) is 0.933. The first-order chi connectivity index (χ1) is 8.90. The van der Waals surface area contributed by atoms with Gasteiger partial charge in [-0.3, -0.25) is 4.98 Å². The van der Waals surface area contributed by atoms with Gasteiger partial charge in [0.15, 0.2) is 0 Å². The number of thiophene rings is 1. The molecule has 0 aliphatic rings. The normalized spacial score (nSPS) is 10.5. The number of rotatable bonds is 7. The lowest BCUT2D eigenvalue weighted by molar-refractivity contribution is 0.318. The second kappa shape index (κ2) is 7.13. The highest BCUT2D eigenvalue weighted by Crippen LogP contribution is 2.17. The molecule has 0 fully saturated rings. The Labute approximate surface area is 112 Å². The quantitative estimate of drug-likeness (QED) is 0.833. The van der Waals surface area contributed by atoms with Crippen molar-refractivity contribution in [3.63, 3.8) is 0 Å². The molecule has 18 heavy (non-hydrogen) atoms. The molecule has 2 aromatic rings. The van der Waals surface area contributed by atoms with E-state index in [0.29, 0.717) is 6.61 Å². The topological polar surface area (TPSA) is 34.2 Å². The molecule has 0 spiro atoms. The molecule has 0 unspecified atom stereocenters. The van der Waals surface area contributed by atoms with Gasteiger partial charge in [0.25, 0.3) is 0 Å². The Morgan fingerprint density at radius 3 is 3.11 bits per heavy atom. The van der Waals surface area contributed by atoms with Crippen LogP contribution >= 0.6 is 11.3 Å². The fourth-order valence-corrected chi connectivity index (χ4v) is 2.35. The average Bonchev–Trinajstić information content (AvgIpc) is 2.91. The van der Waals surface area contributed by atoms with E-state index in [2.05, 4.69) is 34.7 Å². The monoisotopic (exact) mass is 262 g/mol. The van der Waals surface area contributed by atoms with Crippen LogP contribution in [0.1, 0.15) is 17.4 Å². The van der Waals surface area contributed by atoms with Gasteiger partial charge in [0, 0.05) is 35.8 Å². The lowest BCUT2D eigenvalue weighted by Gasteiger charge is -2.10. The van der Waals surface area contributed by atoms with Crippen LogP contribution in [0.25, 0.3) is 0 Å². The molecule has 0 radical (unpaired) electrons. The minimum absolute atomic E-state index is 0.712. The van der Waals surface area contributed by atoms with Gasteiger partial charge in [0.05, 0.1) is 6.61 Å². The van der Waals surface area contributed by atoms with E-state index in [1.807, 2.05) is 12.3 Å². The molecule has 0 atom stereocenters. The fraction of sp³-hybridized carbons (Fsp3) is 0.357. The molecule has 2 aromatic heterocycles. The number of aromatic nitrogens is 1. The maximum atomic E-state index is 5.83. The number of hydrogen-bond donors (Lipinski definition) is 1. The first kappa shape index (κ1) is 13.1. The Hall–Kier alpha value is -1.39. The van der Waals surface area contributed by atoms with Crippen LogP contribution in [-0.4, -0.2) is 18.1 Å². The van der Waals surface area contributed by atoms with Gasteiger partial charge < -0.3 is 10.1 Å². The molecule has 0 aromatic carbocycles. The van der Waals surface area contributed by atoms with E-state index < -0.39 is 0 Å². The molecule has 0 saturated carbocycles. The predicted molar refractivity (Wildman–Crippen MR) is 75.1 cm³/mol. The van der Waals surface area contributed by atoms with E-state index in [1.165, 1.54) is 4.88 Å². The molecule has 2 heterocycles. The molecule has 2 rings (SSSR count). The number of hydrogen-bond acceptors (Lipinski definition) is 4. The highest BCUT2D eigenvalue weighted by Gasteiger charge is 2.03. The van der Waals surface area contributed by atoms with Crippen molar-refractivity contribution in [3.05, 3.63) is 46.4 Å². The third-order valence-corrected chi connectivity index (χ3v) is 3.55. The molecule has 4 heteroatoms. The average molecular weight is 262 g/mol. The van der Waals surface area contributed by atoms with Crippen LogP contribution in [-0.2, 0) is 13.0 Å². The van der Waals surface area contributed by atoms with E-state index in [-0.39, 0.29) is 0 Å². The van der Waals surface area contributed by atoms with Crippen molar-refractivity contribution < 1.29 is 4.74 Å². The maximum Gasteiger partial charge on any atom is 0.126 e. The Morgan fingerprint density at radius 2 is 2.33 bits per heavy atom. The zero-order valence-electron chi connectivity index (χ0n) is 10.6. The van der Waals surface area contributed by atoms with Crippen LogP contribution in [0.5, 0.6) is 5.75 Å². The van der Waals surface area contributed by atoms with E-state index in [0.717, 1.165) is 30.8 Å². The molecule has 0 aliphatic heterocycles. The summed E-state index contributed by atoms with van der Waals surface area (Å²) in [6.45, 7) is 4.56. The van der Waals surface area contributed by atoms with Gasteiger partial charge in [0.1, 0.15) is 5.75 Å². The smallest absolute Gasteiger partial charge is 0.126 e. The zero-order chi connectivity index (χ0) is 12.6. The highest BCUT2D eigenvalue weighted by molar-refractivity contribution is 7.09. The van der Waals surface area contributed by atoms with Crippen molar-refractivity contribution in [1.82, 2.24) is 10.3 Å². The summed E-state index contributed by atoms with van der Waals surface area (Å²) in [5, 5.41) is 5.39. The molecule has 96 valence electrons. The summed E-state index contributed by atoms with van der Waals surface area (Å²) in [7, 11) is 0. The molecule has 3 nitrogen and oxygen atoms in total. The Kier molecular flexibility index (Phi) is 5.17. The van der Waals surface area contributed by atoms with Gasteiger partial charge in [-0.05, 0) is 24.1 Å². The first-order valence-corrected chi connectivity index (χ1v) is 7.07. The predicted octanol–water partition coefficient (Wildman–Crippen LogP) is 2.87. The van der Waals surface area contributed by atoms with Crippen LogP contribution in [0, 0.1) is 0 Å². The largest absolute Gasteiger partial charge is 0.493 e. The SMILES string of the molecule is CCNCc1cnccc1OCCc1cccs1. The third-order valence-electron chi connectivity index (χ3n) is 2.61. The summed E-state index contributed by atoms with van der Waals surface area (Å²) >= 11 is 1.77. The minimum Gasteiger partial charge on any atom is -0.493 e. The summed E-state index contributed by atoms with van der Waals surface area (Å²) in [5.41, 5.74) is 1.12. The lowest BCUT2D eigenvalue weighted by atomic mass is 10.2. The van der Waals surface area contributed by atoms with Gasteiger partial charge in [-0.2, -0.15) is 0 Å². The Morgan fingerprint density at radius 1 is 1.39 bits per heavy atom. The van der Waals surface area contributed by atoms with E-state index in [9.17, 15) is 0 Å². The van der Waals surface area contributed by atoms with Crippen molar-refractivity contribution in [2.75, 3.05) is 13.2 Å². The Bertz CT molecular complexity index is 457. The zero-order valence-corrected chi connectivity index (χ0v) is 11.4. The number of ether oxygens (including phenoxy) is 1. The van der Waals surface area contributed by atoms with Crippen molar-refractivity contribution in [3.8, 4) is 5.75 Å². The molecular formula is C14H18N2OS. The summed E-state index contributed by atoms with van der Waals surface area (Å²) in [6, 6.07) is 6.14. The van der Waals surface area contributed by atoms with Crippen LogP contribution in [0.4, 0.5) is 0 Å². The second-order valence-corrected chi connectivity index (χ2v) is 4.97. The molecular weight excluding hydrogens is 244 g/mol. The molecule has 0 saturated heterocycles. The maximum absolute atomic E-state index is 5.83. The third kappa shape index (κ3) is 3.82. The van der Waals surface area contributed by atoms with Crippen LogP contribution in [0.2, 0.25) is 0 Å². The van der Waals surface area contributed by atoms with Crippen molar-refractivity contribution in [2.24, 2.45) is 0 Å². The second-order valence-electron chi connectivity index (χ2n) is 3.94. The minimum atomic E-state index is 0.712. The number of pyridine rings is 1. The van der Waals surface area contributed by atoms with Crippen molar-refractivity contribution in [2.45, 2.75) is 19.9 Å². The van der Waals surface area contributed by atoms with Crippen LogP contribution in [0.15, 0.2) is 36.0 Å². The van der Waals surface area contributed by atoms with Crippen molar-refractivity contribution >= 4 is 11.3 Å². The molecule has 0 amide bonds. The van der Waals surface area contributed by atoms with E-state index in [1.54, 1.807) is 17.5 Å². The standard InChI is InChI=1S/C14H18N2OS/c1-2-15-10-12-11-16-7-5-14(12)17-8-6-13-4-3-9-18-13/h3-5,7,9,11,15H,2,6,8,10H2,1H3. The fourth-order valence-electron chi connectivity index (χ4n) is 1.66. The summed E-state index contributed by atoms with van der Waals surface area (Å²) in [4.78, 5) is 5.50. The molecule has 0 aliphatic carbocycles. The summed E-state index contributed by atoms with van der Waals surface area (Å²) < 4.78 is 5.83. The van der Waals surface area contributed by atoms with Gasteiger partial charge in [-0.1, -0.05) is 13.0 Å². The van der Waals surface area contributed by atoms with E-state index >= 15 is 0 Å². The van der Waals surface area contributed by atoms with Crippen LogP contribution < -0.4 is 10.1 Å². The summed E-state index contributed by atoms with van der Waals surface area (Å²) in [6.07, 6.45) is 4.60. The Balaban J connectivity index is 1.87. The van der Waals surface area contributed by atoms with Gasteiger partial charge in [0.2, 0.25) is 0 Å². The number of nitrogens with one attached hydrogen (secondary N) is 1. The van der Waals surface area contributed by atoms with Crippen molar-refractivity contribution in [1.29, 1.82) is 0 Å². The molecule has 0 bridgehead atoms. The van der Waals surface area contributed by atoms with Crippen LogP contribution in [0.3, 0.4) is 0 Å². The van der Waals surface area contributed by atoms with Gasteiger partial charge in [-0.25, -0.2) is 0 Å². The first-order valence-electron chi connectivity index (χ1n) is 6.19. The molecule has 1 N–H and O–H groups in total. The van der Waals surface area contributed by atoms with E-state index in [4.69, 9.17) is 4.74 Å². The van der Waals surface area contributed by atoms with Gasteiger partial charge >= 0.3 is 0 Å². The number of nitrogens with zero attached hydrogens (tertiary/aromatic N) is 1. The van der Waals surface area contributed by atoms with Gasteiger partial charge in [-0.15, -0.1) is 11.3 Å². The lowest BCUT2D eigenvalue weighted by Crippen LogP contribution is -2.13.